The van der Waals surface area contributed by atoms with Gasteiger partial charge in [-0.25, -0.2) is 0 Å². The molecule has 1 saturated heterocycles. The fraction of sp³-hybridized carbons (Fsp3) is 0.579. The molecule has 2 aliphatic carbocycles. The standard InChI is InChI=1S/C19H23F3N2/c20-19(21,22)17-2-1-3-18(12-17)24-8-6-23(7-9-24)13-16-11-14-4-5-15(16)10-14/h1-5,12,14-16H,6-11,13H2/p+1/t14-,15-,16+/m0/s1. The van der Waals surface area contributed by atoms with Gasteiger partial charge in [-0.05, 0) is 42.9 Å². The van der Waals surface area contributed by atoms with Gasteiger partial charge in [-0.15, -0.1) is 0 Å². The zero-order chi connectivity index (χ0) is 16.7. The summed E-state index contributed by atoms with van der Waals surface area (Å²) >= 11 is 0. The maximum atomic E-state index is 12.9. The lowest BCUT2D eigenvalue weighted by atomic mass is 9.93. The van der Waals surface area contributed by atoms with Gasteiger partial charge < -0.3 is 9.80 Å². The van der Waals surface area contributed by atoms with Gasteiger partial charge in [-0.3, -0.25) is 0 Å². The predicted octanol–water partition coefficient (Wildman–Crippen LogP) is 2.62. The van der Waals surface area contributed by atoms with E-state index in [1.165, 1.54) is 31.5 Å². The van der Waals surface area contributed by atoms with E-state index < -0.39 is 11.7 Å². The van der Waals surface area contributed by atoms with E-state index in [1.54, 1.807) is 11.0 Å². The number of fused-ring (bicyclic) bond motifs is 2. The Kier molecular flexibility index (Phi) is 4.07. The molecular formula is C19H24F3N2+. The number of hydrogen-bond donors (Lipinski definition) is 1. The second kappa shape index (κ2) is 6.10. The first-order valence-electron chi connectivity index (χ1n) is 8.93. The van der Waals surface area contributed by atoms with Crippen LogP contribution in [-0.2, 0) is 6.18 Å². The molecule has 130 valence electrons. The average molecular weight is 337 g/mol. The summed E-state index contributed by atoms with van der Waals surface area (Å²) in [5.41, 5.74) is 0.148. The van der Waals surface area contributed by atoms with Crippen LogP contribution < -0.4 is 9.80 Å². The molecule has 1 aromatic carbocycles. The zero-order valence-corrected chi connectivity index (χ0v) is 13.7. The maximum absolute atomic E-state index is 12.9. The van der Waals surface area contributed by atoms with Crippen LogP contribution in [0.1, 0.15) is 18.4 Å². The molecule has 5 heteroatoms. The van der Waals surface area contributed by atoms with Gasteiger partial charge in [0.15, 0.2) is 0 Å². The first kappa shape index (κ1) is 16.0. The largest absolute Gasteiger partial charge is 0.416 e. The van der Waals surface area contributed by atoms with E-state index in [0.717, 1.165) is 50.0 Å². The monoisotopic (exact) mass is 337 g/mol. The first-order chi connectivity index (χ1) is 11.5. The molecule has 1 aromatic rings. The highest BCUT2D eigenvalue weighted by atomic mass is 19.4. The van der Waals surface area contributed by atoms with Crippen molar-refractivity contribution in [3.63, 3.8) is 0 Å². The smallest absolute Gasteiger partial charge is 0.360 e. The maximum Gasteiger partial charge on any atom is 0.416 e. The van der Waals surface area contributed by atoms with Gasteiger partial charge in [-0.1, -0.05) is 18.2 Å². The molecule has 0 aromatic heterocycles. The summed E-state index contributed by atoms with van der Waals surface area (Å²) < 4.78 is 38.6. The van der Waals surface area contributed by atoms with Crippen LogP contribution in [-0.4, -0.2) is 32.7 Å². The number of quaternary nitrogens is 1. The SMILES string of the molecule is FC(F)(F)c1cccc(N2CC[NH+](C[C@H]3C[C@H]4C=C[C@H]3C4)CC2)c1. The molecule has 1 aliphatic heterocycles. The van der Waals surface area contributed by atoms with E-state index in [0.29, 0.717) is 5.69 Å². The summed E-state index contributed by atoms with van der Waals surface area (Å²) in [6, 6.07) is 5.74. The van der Waals surface area contributed by atoms with Gasteiger partial charge in [-0.2, -0.15) is 13.2 Å². The highest BCUT2D eigenvalue weighted by Gasteiger charge is 2.38. The van der Waals surface area contributed by atoms with Crippen molar-refractivity contribution in [1.82, 2.24) is 0 Å². The number of halogens is 3. The molecule has 2 nitrogen and oxygen atoms in total. The van der Waals surface area contributed by atoms with Crippen LogP contribution in [0.4, 0.5) is 18.9 Å². The Morgan fingerprint density at radius 1 is 1.08 bits per heavy atom. The molecule has 1 saturated carbocycles. The number of rotatable bonds is 3. The van der Waals surface area contributed by atoms with Crippen LogP contribution in [0.5, 0.6) is 0 Å². The Hall–Kier alpha value is -1.49. The van der Waals surface area contributed by atoms with Crippen molar-refractivity contribution in [1.29, 1.82) is 0 Å². The van der Waals surface area contributed by atoms with Crippen molar-refractivity contribution < 1.29 is 18.1 Å². The lowest BCUT2D eigenvalue weighted by Gasteiger charge is -2.35. The fourth-order valence-corrected chi connectivity index (χ4v) is 4.66. The van der Waals surface area contributed by atoms with Crippen LogP contribution in [0, 0.1) is 17.8 Å². The normalized spacial score (nSPS) is 30.3. The Morgan fingerprint density at radius 2 is 1.88 bits per heavy atom. The molecule has 0 unspecified atom stereocenters. The van der Waals surface area contributed by atoms with Crippen molar-refractivity contribution in [3.8, 4) is 0 Å². The molecular weight excluding hydrogens is 313 g/mol. The molecule has 2 fully saturated rings. The third-order valence-electron chi connectivity index (χ3n) is 5.98. The Labute approximate surface area is 140 Å². The van der Waals surface area contributed by atoms with E-state index in [4.69, 9.17) is 0 Å². The average Bonchev–Trinajstić information content (AvgIpc) is 3.18. The van der Waals surface area contributed by atoms with E-state index in [2.05, 4.69) is 17.1 Å². The molecule has 1 heterocycles. The zero-order valence-electron chi connectivity index (χ0n) is 13.7. The second-order valence-electron chi connectivity index (χ2n) is 7.53. The van der Waals surface area contributed by atoms with Gasteiger partial charge in [0.25, 0.3) is 0 Å². The van der Waals surface area contributed by atoms with Crippen LogP contribution in [0.15, 0.2) is 36.4 Å². The second-order valence-corrected chi connectivity index (χ2v) is 7.53. The van der Waals surface area contributed by atoms with Crippen molar-refractivity contribution in [2.75, 3.05) is 37.6 Å². The van der Waals surface area contributed by atoms with Gasteiger partial charge in [0, 0.05) is 11.6 Å². The lowest BCUT2D eigenvalue weighted by Crippen LogP contribution is -3.15. The summed E-state index contributed by atoms with van der Waals surface area (Å²) in [6.45, 7) is 4.95. The van der Waals surface area contributed by atoms with Crippen LogP contribution in [0.2, 0.25) is 0 Å². The third-order valence-corrected chi connectivity index (χ3v) is 5.98. The number of anilines is 1. The molecule has 0 amide bonds. The molecule has 3 aliphatic rings. The highest BCUT2D eigenvalue weighted by Crippen LogP contribution is 2.42. The minimum atomic E-state index is -4.27. The number of benzene rings is 1. The van der Waals surface area contributed by atoms with Crippen molar-refractivity contribution in [3.05, 3.63) is 42.0 Å². The van der Waals surface area contributed by atoms with E-state index in [1.807, 2.05) is 0 Å². The van der Waals surface area contributed by atoms with Crippen molar-refractivity contribution in [2.24, 2.45) is 17.8 Å². The molecule has 1 N–H and O–H groups in total. The van der Waals surface area contributed by atoms with E-state index >= 15 is 0 Å². The number of hydrogen-bond acceptors (Lipinski definition) is 1. The summed E-state index contributed by atoms with van der Waals surface area (Å²) in [6.07, 6.45) is 3.19. The molecule has 3 atom stereocenters. The summed E-state index contributed by atoms with van der Waals surface area (Å²) in [5.74, 6) is 2.41. The van der Waals surface area contributed by atoms with E-state index in [-0.39, 0.29) is 0 Å². The quantitative estimate of drug-likeness (QED) is 0.833. The van der Waals surface area contributed by atoms with Crippen LogP contribution in [0.3, 0.4) is 0 Å². The Balaban J connectivity index is 1.34. The van der Waals surface area contributed by atoms with Gasteiger partial charge in [0.1, 0.15) is 0 Å². The van der Waals surface area contributed by atoms with Gasteiger partial charge in [0.2, 0.25) is 0 Å². The predicted molar refractivity (Wildman–Crippen MR) is 88.1 cm³/mol. The van der Waals surface area contributed by atoms with Crippen LogP contribution >= 0.6 is 0 Å². The van der Waals surface area contributed by atoms with Gasteiger partial charge >= 0.3 is 6.18 Å². The van der Waals surface area contributed by atoms with E-state index in [9.17, 15) is 13.2 Å². The number of piperazine rings is 1. The third kappa shape index (κ3) is 3.18. The van der Waals surface area contributed by atoms with Crippen molar-refractivity contribution >= 4 is 5.69 Å². The molecule has 4 rings (SSSR count). The number of allylic oxidation sites excluding steroid dienone is 2. The lowest BCUT2D eigenvalue weighted by molar-refractivity contribution is -0.904. The molecule has 2 bridgehead atoms. The fourth-order valence-electron chi connectivity index (χ4n) is 4.66. The number of nitrogens with zero attached hydrogens (tertiary/aromatic N) is 1. The number of nitrogens with one attached hydrogen (secondary N) is 1. The number of alkyl halides is 3. The minimum Gasteiger partial charge on any atom is -0.360 e. The first-order valence-corrected chi connectivity index (χ1v) is 8.93. The van der Waals surface area contributed by atoms with Crippen molar-refractivity contribution in [2.45, 2.75) is 19.0 Å². The Bertz CT molecular complexity index is 617. The Morgan fingerprint density at radius 3 is 2.50 bits per heavy atom. The van der Waals surface area contributed by atoms with Gasteiger partial charge in [0.05, 0.1) is 38.3 Å². The molecule has 24 heavy (non-hydrogen) atoms. The topological polar surface area (TPSA) is 7.68 Å². The highest BCUT2D eigenvalue weighted by molar-refractivity contribution is 5.49. The molecule has 0 radical (unpaired) electrons. The summed E-state index contributed by atoms with van der Waals surface area (Å²) in [4.78, 5) is 3.71. The minimum absolute atomic E-state index is 0.552. The molecule has 0 spiro atoms. The van der Waals surface area contributed by atoms with Crippen LogP contribution in [0.25, 0.3) is 0 Å². The summed E-state index contributed by atoms with van der Waals surface area (Å²) in [7, 11) is 0. The summed E-state index contributed by atoms with van der Waals surface area (Å²) in [5, 5.41) is 0.